The molecule has 14 heavy (non-hydrogen) atoms. The van der Waals surface area contributed by atoms with Gasteiger partial charge in [0.2, 0.25) is 11.8 Å². The van der Waals surface area contributed by atoms with Gasteiger partial charge in [0.15, 0.2) is 0 Å². The van der Waals surface area contributed by atoms with Gasteiger partial charge in [-0.05, 0) is 6.42 Å². The number of amides is 2. The van der Waals surface area contributed by atoms with Crippen molar-refractivity contribution in [2.24, 2.45) is 0 Å². The Bertz CT molecular complexity index is 239. The number of carboxylic acids is 1. The molecule has 0 saturated heterocycles. The van der Waals surface area contributed by atoms with Gasteiger partial charge < -0.3 is 15.7 Å². The lowest BCUT2D eigenvalue weighted by atomic mass is 10.2. The minimum atomic E-state index is -1.08. The highest BCUT2D eigenvalue weighted by atomic mass is 16.4. The van der Waals surface area contributed by atoms with Crippen LogP contribution in [-0.4, -0.2) is 35.5 Å². The Morgan fingerprint density at radius 2 is 1.93 bits per heavy atom. The third-order valence-corrected chi connectivity index (χ3v) is 1.54. The molecule has 0 rings (SSSR count). The van der Waals surface area contributed by atoms with Crippen LogP contribution >= 0.6 is 0 Å². The van der Waals surface area contributed by atoms with Gasteiger partial charge in [0.1, 0.15) is 6.04 Å². The van der Waals surface area contributed by atoms with E-state index < -0.39 is 17.9 Å². The summed E-state index contributed by atoms with van der Waals surface area (Å²) < 4.78 is 0. The highest BCUT2D eigenvalue weighted by molar-refractivity contribution is 5.87. The average Bonchev–Trinajstić information content (AvgIpc) is 2.10. The maximum atomic E-state index is 11.0. The zero-order valence-corrected chi connectivity index (χ0v) is 8.16. The number of hydrogen-bond donors (Lipinski definition) is 3. The Kier molecular flexibility index (Phi) is 5.28. The summed E-state index contributed by atoms with van der Waals surface area (Å²) in [5.41, 5.74) is 0. The molecule has 0 aliphatic carbocycles. The summed E-state index contributed by atoms with van der Waals surface area (Å²) in [6.07, 6.45) is 0.307. The molecule has 2 amide bonds. The summed E-state index contributed by atoms with van der Waals surface area (Å²) in [5, 5.41) is 13.1. The van der Waals surface area contributed by atoms with Gasteiger partial charge in [-0.15, -0.1) is 0 Å². The van der Waals surface area contributed by atoms with E-state index in [-0.39, 0.29) is 12.5 Å². The zero-order valence-electron chi connectivity index (χ0n) is 8.16. The summed E-state index contributed by atoms with van der Waals surface area (Å²) in [7, 11) is 0. The van der Waals surface area contributed by atoms with E-state index in [2.05, 4.69) is 10.6 Å². The number of carbonyl (C=O) groups is 3. The summed E-state index contributed by atoms with van der Waals surface area (Å²) in [5.74, 6) is -1.92. The normalized spacial score (nSPS) is 11.6. The minimum absolute atomic E-state index is 0.195. The predicted molar refractivity (Wildman–Crippen MR) is 48.5 cm³/mol. The van der Waals surface area contributed by atoms with Gasteiger partial charge in [-0.25, -0.2) is 4.79 Å². The molecule has 0 saturated carbocycles. The lowest BCUT2D eigenvalue weighted by Crippen LogP contribution is -2.44. The second-order valence-electron chi connectivity index (χ2n) is 2.78. The summed E-state index contributed by atoms with van der Waals surface area (Å²) in [4.78, 5) is 32.0. The molecule has 0 aromatic heterocycles. The van der Waals surface area contributed by atoms with Gasteiger partial charge in [0, 0.05) is 6.92 Å². The maximum Gasteiger partial charge on any atom is 0.326 e. The van der Waals surface area contributed by atoms with Gasteiger partial charge in [-0.1, -0.05) is 6.92 Å². The van der Waals surface area contributed by atoms with Gasteiger partial charge >= 0.3 is 5.97 Å². The lowest BCUT2D eigenvalue weighted by Gasteiger charge is -2.11. The SMILES string of the molecule is CC[C@@H](NC(=O)CNC(C)=O)C(=O)O. The van der Waals surface area contributed by atoms with Crippen molar-refractivity contribution in [1.29, 1.82) is 0 Å². The molecule has 6 heteroatoms. The fourth-order valence-electron chi connectivity index (χ4n) is 0.789. The summed E-state index contributed by atoms with van der Waals surface area (Å²) >= 11 is 0. The summed E-state index contributed by atoms with van der Waals surface area (Å²) in [6, 6.07) is -0.892. The quantitative estimate of drug-likeness (QED) is 0.538. The molecule has 0 radical (unpaired) electrons. The number of carbonyl (C=O) groups excluding carboxylic acids is 2. The van der Waals surface area contributed by atoms with E-state index in [4.69, 9.17) is 5.11 Å². The van der Waals surface area contributed by atoms with Gasteiger partial charge in [-0.2, -0.15) is 0 Å². The van der Waals surface area contributed by atoms with Crippen LogP contribution in [0.1, 0.15) is 20.3 Å². The van der Waals surface area contributed by atoms with Crippen molar-refractivity contribution in [2.45, 2.75) is 26.3 Å². The molecule has 0 aromatic rings. The van der Waals surface area contributed by atoms with Gasteiger partial charge in [0.25, 0.3) is 0 Å². The molecule has 3 N–H and O–H groups in total. The van der Waals surface area contributed by atoms with Crippen LogP contribution in [0.3, 0.4) is 0 Å². The van der Waals surface area contributed by atoms with Crippen molar-refractivity contribution >= 4 is 17.8 Å². The van der Waals surface area contributed by atoms with Crippen molar-refractivity contribution in [2.75, 3.05) is 6.54 Å². The number of nitrogens with one attached hydrogen (secondary N) is 2. The van der Waals surface area contributed by atoms with Crippen LogP contribution in [0.5, 0.6) is 0 Å². The Hall–Kier alpha value is -1.59. The molecule has 0 aliphatic heterocycles. The van der Waals surface area contributed by atoms with Crippen molar-refractivity contribution < 1.29 is 19.5 Å². The van der Waals surface area contributed by atoms with Crippen molar-refractivity contribution in [1.82, 2.24) is 10.6 Å². The van der Waals surface area contributed by atoms with E-state index in [1.165, 1.54) is 6.92 Å². The maximum absolute atomic E-state index is 11.0. The van der Waals surface area contributed by atoms with Crippen LogP contribution in [0.25, 0.3) is 0 Å². The van der Waals surface area contributed by atoms with Crippen LogP contribution in [0.4, 0.5) is 0 Å². The lowest BCUT2D eigenvalue weighted by molar-refractivity contribution is -0.141. The van der Waals surface area contributed by atoms with Crippen LogP contribution in [0.2, 0.25) is 0 Å². The molecule has 0 aromatic carbocycles. The van der Waals surface area contributed by atoms with E-state index in [9.17, 15) is 14.4 Å². The molecule has 0 spiro atoms. The van der Waals surface area contributed by atoms with Crippen molar-refractivity contribution in [3.05, 3.63) is 0 Å². The van der Waals surface area contributed by atoms with Gasteiger partial charge in [-0.3, -0.25) is 9.59 Å². The monoisotopic (exact) mass is 202 g/mol. The molecule has 80 valence electrons. The van der Waals surface area contributed by atoms with Crippen LogP contribution in [-0.2, 0) is 14.4 Å². The standard InChI is InChI=1S/C8H14N2O4/c1-3-6(8(13)14)10-7(12)4-9-5(2)11/h6H,3-4H2,1-2H3,(H,9,11)(H,10,12)(H,13,14)/t6-/m1/s1. The number of rotatable bonds is 5. The second kappa shape index (κ2) is 5.95. The first-order valence-electron chi connectivity index (χ1n) is 4.24. The first-order chi connectivity index (χ1) is 6.47. The molecular formula is C8H14N2O4. The molecular weight excluding hydrogens is 188 g/mol. The third kappa shape index (κ3) is 5.13. The van der Waals surface area contributed by atoms with E-state index in [1.807, 2.05) is 0 Å². The third-order valence-electron chi connectivity index (χ3n) is 1.54. The number of carboxylic acid groups (broad SMARTS) is 1. The zero-order chi connectivity index (χ0) is 11.1. The molecule has 0 aliphatic rings. The Morgan fingerprint density at radius 3 is 2.29 bits per heavy atom. The highest BCUT2D eigenvalue weighted by Crippen LogP contribution is 1.89. The molecule has 0 fully saturated rings. The average molecular weight is 202 g/mol. The minimum Gasteiger partial charge on any atom is -0.480 e. The van der Waals surface area contributed by atoms with Crippen LogP contribution in [0.15, 0.2) is 0 Å². The van der Waals surface area contributed by atoms with Crippen LogP contribution < -0.4 is 10.6 Å². The largest absolute Gasteiger partial charge is 0.480 e. The first-order valence-corrected chi connectivity index (χ1v) is 4.24. The molecule has 1 atom stereocenters. The Morgan fingerprint density at radius 1 is 1.36 bits per heavy atom. The van der Waals surface area contributed by atoms with E-state index >= 15 is 0 Å². The van der Waals surface area contributed by atoms with Crippen molar-refractivity contribution in [3.8, 4) is 0 Å². The topological polar surface area (TPSA) is 95.5 Å². The first kappa shape index (κ1) is 12.4. The van der Waals surface area contributed by atoms with E-state index in [0.29, 0.717) is 6.42 Å². The number of hydrogen-bond acceptors (Lipinski definition) is 3. The molecule has 6 nitrogen and oxygen atoms in total. The van der Waals surface area contributed by atoms with E-state index in [0.717, 1.165) is 0 Å². The molecule has 0 heterocycles. The number of aliphatic carboxylic acids is 1. The second-order valence-corrected chi connectivity index (χ2v) is 2.78. The van der Waals surface area contributed by atoms with E-state index in [1.54, 1.807) is 6.92 Å². The molecule has 0 unspecified atom stereocenters. The van der Waals surface area contributed by atoms with Crippen molar-refractivity contribution in [3.63, 3.8) is 0 Å². The Labute approximate surface area is 81.7 Å². The fraction of sp³-hybridized carbons (Fsp3) is 0.625. The predicted octanol–water partition coefficient (Wildman–Crippen LogP) is -0.898. The van der Waals surface area contributed by atoms with Gasteiger partial charge in [0.05, 0.1) is 6.54 Å². The van der Waals surface area contributed by atoms with Crippen LogP contribution in [0, 0.1) is 0 Å². The summed E-state index contributed by atoms with van der Waals surface area (Å²) in [6.45, 7) is 2.73. The Balaban J connectivity index is 3.91. The molecule has 0 bridgehead atoms. The highest BCUT2D eigenvalue weighted by Gasteiger charge is 2.16. The fourth-order valence-corrected chi connectivity index (χ4v) is 0.789. The smallest absolute Gasteiger partial charge is 0.326 e.